The molecule has 0 aliphatic rings. The number of anilines is 2. The molecule has 7 heteroatoms. The van der Waals surface area contributed by atoms with Crippen LogP contribution in [0.2, 0.25) is 5.02 Å². The zero-order valence-corrected chi connectivity index (χ0v) is 19.8. The molecule has 5 nitrogen and oxygen atoms in total. The Morgan fingerprint density at radius 3 is 2.07 bits per heavy atom. The van der Waals surface area contributed by atoms with E-state index >= 15 is 0 Å². The predicted octanol–water partition coefficient (Wildman–Crippen LogP) is 6.92. The Balaban J connectivity index is 2.25. The smallest absolute Gasteiger partial charge is 0.354 e. The highest BCUT2D eigenvalue weighted by Crippen LogP contribution is 2.52. The zero-order valence-electron chi connectivity index (χ0n) is 18.2. The number of halogens is 1. The van der Waals surface area contributed by atoms with E-state index in [0.29, 0.717) is 11.2 Å². The molecule has 160 valence electrons. The topological polar surface area (TPSA) is 60.5 Å². The van der Waals surface area contributed by atoms with E-state index in [1.165, 1.54) is 0 Å². The lowest BCUT2D eigenvalue weighted by molar-refractivity contribution is 0.149. The van der Waals surface area contributed by atoms with Gasteiger partial charge >= 0.3 is 7.60 Å². The maximum absolute atomic E-state index is 13.8. The van der Waals surface area contributed by atoms with Gasteiger partial charge in [-0.05, 0) is 65.8 Å². The van der Waals surface area contributed by atoms with Crippen LogP contribution in [0.1, 0.15) is 38.8 Å². The van der Waals surface area contributed by atoms with Gasteiger partial charge in [0.2, 0.25) is 0 Å². The number of aromatic nitrogens is 1. The number of benzene rings is 2. The van der Waals surface area contributed by atoms with E-state index in [0.717, 1.165) is 22.2 Å². The summed E-state index contributed by atoms with van der Waals surface area (Å²) in [5.41, 5.74) is 4.51. The normalized spacial score (nSPS) is 12.2. The average Bonchev–Trinajstić information content (AvgIpc) is 2.64. The summed E-state index contributed by atoms with van der Waals surface area (Å²) in [6, 6.07) is 13.8. The molecule has 30 heavy (non-hydrogen) atoms. The third kappa shape index (κ3) is 5.04. The number of hydrogen-bond donors (Lipinski definition) is 1. The number of fused-ring (bicyclic) bond motifs is 1. The van der Waals surface area contributed by atoms with E-state index < -0.39 is 7.60 Å². The van der Waals surface area contributed by atoms with Crippen LogP contribution in [0, 0.1) is 13.8 Å². The minimum absolute atomic E-state index is 0.123. The first kappa shape index (κ1) is 22.8. The lowest BCUT2D eigenvalue weighted by atomic mass is 10.1. The van der Waals surface area contributed by atoms with E-state index in [1.54, 1.807) is 27.7 Å². The number of hydrogen-bond acceptors (Lipinski definition) is 5. The fourth-order valence-corrected chi connectivity index (χ4v) is 5.55. The minimum Gasteiger partial charge on any atom is -0.354 e. The molecular formula is C23H28ClN2O3P. The summed E-state index contributed by atoms with van der Waals surface area (Å²) in [5, 5.41) is 4.46. The van der Waals surface area contributed by atoms with Crippen molar-refractivity contribution in [1.29, 1.82) is 0 Å². The van der Waals surface area contributed by atoms with Crippen molar-refractivity contribution in [1.82, 2.24) is 4.98 Å². The predicted molar refractivity (Wildman–Crippen MR) is 126 cm³/mol. The Bertz CT molecular complexity index is 1080. The Kier molecular flexibility index (Phi) is 6.88. The van der Waals surface area contributed by atoms with Gasteiger partial charge < -0.3 is 14.4 Å². The average molecular weight is 447 g/mol. The van der Waals surface area contributed by atoms with Crippen molar-refractivity contribution in [2.45, 2.75) is 53.8 Å². The van der Waals surface area contributed by atoms with Crippen LogP contribution in [-0.2, 0) is 13.6 Å². The van der Waals surface area contributed by atoms with E-state index in [2.05, 4.69) is 10.3 Å². The van der Waals surface area contributed by atoms with Gasteiger partial charge in [-0.3, -0.25) is 4.57 Å². The molecule has 3 rings (SSSR count). The Hall–Kier alpha value is -1.91. The quantitative estimate of drug-likeness (QED) is 0.399. The van der Waals surface area contributed by atoms with E-state index in [1.807, 2.05) is 56.3 Å². The summed E-state index contributed by atoms with van der Waals surface area (Å²) in [6.45, 7) is 11.3. The minimum atomic E-state index is -3.76. The van der Waals surface area contributed by atoms with Crippen molar-refractivity contribution in [3.8, 4) is 0 Å². The maximum Gasteiger partial charge on any atom is 0.381 e. The van der Waals surface area contributed by atoms with Crippen LogP contribution in [0.4, 0.5) is 11.4 Å². The van der Waals surface area contributed by atoms with Gasteiger partial charge in [0.25, 0.3) is 0 Å². The highest BCUT2D eigenvalue weighted by molar-refractivity contribution is 7.62. The van der Waals surface area contributed by atoms with Crippen molar-refractivity contribution in [3.05, 3.63) is 58.6 Å². The van der Waals surface area contributed by atoms with Gasteiger partial charge in [0.05, 0.1) is 28.4 Å². The van der Waals surface area contributed by atoms with Crippen LogP contribution in [0.5, 0.6) is 0 Å². The van der Waals surface area contributed by atoms with Crippen LogP contribution in [-0.4, -0.2) is 17.2 Å². The summed E-state index contributed by atoms with van der Waals surface area (Å²) in [4.78, 5) is 4.63. The number of pyridine rings is 1. The van der Waals surface area contributed by atoms with Gasteiger partial charge in [-0.1, -0.05) is 40.9 Å². The molecule has 1 N–H and O–H groups in total. The molecule has 0 saturated carbocycles. The third-order valence-corrected chi connectivity index (χ3v) is 7.08. The second-order valence-electron chi connectivity index (χ2n) is 7.94. The molecule has 0 unspecified atom stereocenters. The van der Waals surface area contributed by atoms with E-state index in [4.69, 9.17) is 20.6 Å². The Morgan fingerprint density at radius 1 is 0.933 bits per heavy atom. The second-order valence-corrected chi connectivity index (χ2v) is 10.2. The van der Waals surface area contributed by atoms with Gasteiger partial charge in [-0.2, -0.15) is 0 Å². The molecule has 0 aliphatic heterocycles. The molecule has 0 amide bonds. The Labute approximate surface area is 183 Å². The summed E-state index contributed by atoms with van der Waals surface area (Å²) in [7, 11) is -3.76. The molecule has 0 fully saturated rings. The third-order valence-electron chi connectivity index (χ3n) is 4.34. The van der Waals surface area contributed by atoms with Crippen molar-refractivity contribution >= 4 is 46.9 Å². The molecule has 0 saturated heterocycles. The lowest BCUT2D eigenvalue weighted by Crippen LogP contribution is -2.21. The SMILES string of the molecule is Cc1ccc(Nc2c(Cl)c(P(=O)(OC(C)C)OC(C)C)nc3ccc(C)cc23)cc1. The fraction of sp³-hybridized carbons (Fsp3) is 0.348. The van der Waals surface area contributed by atoms with Crippen LogP contribution >= 0.6 is 19.2 Å². The zero-order chi connectivity index (χ0) is 22.1. The maximum atomic E-state index is 13.8. The molecular weight excluding hydrogens is 419 g/mol. The van der Waals surface area contributed by atoms with Gasteiger partial charge in [-0.15, -0.1) is 0 Å². The molecule has 0 aliphatic carbocycles. The number of rotatable bonds is 7. The van der Waals surface area contributed by atoms with Gasteiger partial charge in [0.15, 0.2) is 5.44 Å². The molecule has 0 spiro atoms. The highest BCUT2D eigenvalue weighted by Gasteiger charge is 2.36. The lowest BCUT2D eigenvalue weighted by Gasteiger charge is -2.24. The number of nitrogens with zero attached hydrogens (tertiary/aromatic N) is 1. The molecule has 1 aromatic heterocycles. The first-order valence-corrected chi connectivity index (χ1v) is 11.9. The highest BCUT2D eigenvalue weighted by atomic mass is 35.5. The molecule has 3 aromatic rings. The van der Waals surface area contributed by atoms with Gasteiger partial charge in [0.1, 0.15) is 0 Å². The molecule has 0 radical (unpaired) electrons. The summed E-state index contributed by atoms with van der Waals surface area (Å²) in [6.07, 6.45) is -0.649. The van der Waals surface area contributed by atoms with Crippen molar-refractivity contribution in [3.63, 3.8) is 0 Å². The van der Waals surface area contributed by atoms with Crippen LogP contribution in [0.25, 0.3) is 10.9 Å². The molecule has 1 heterocycles. The van der Waals surface area contributed by atoms with Gasteiger partial charge in [-0.25, -0.2) is 4.98 Å². The van der Waals surface area contributed by atoms with Gasteiger partial charge in [0, 0.05) is 11.1 Å². The second kappa shape index (κ2) is 9.07. The van der Waals surface area contributed by atoms with Crippen molar-refractivity contribution in [2.75, 3.05) is 5.32 Å². The standard InChI is InChI=1S/C23H28ClN2O3P/c1-14(2)28-30(27,29-15(3)4)23-21(24)22(25-18-10-7-16(5)8-11-18)19-13-17(6)9-12-20(19)26-23/h7-15H,1-6H3,(H,25,26). The monoisotopic (exact) mass is 446 g/mol. The first-order valence-electron chi connectivity index (χ1n) is 10.00. The summed E-state index contributed by atoms with van der Waals surface area (Å²) < 4.78 is 25.3. The molecule has 0 atom stereocenters. The van der Waals surface area contributed by atoms with Crippen molar-refractivity contribution in [2.24, 2.45) is 0 Å². The largest absolute Gasteiger partial charge is 0.381 e. The number of aryl methyl sites for hydroxylation is 2. The fourth-order valence-electron chi connectivity index (χ4n) is 3.11. The number of nitrogens with one attached hydrogen (secondary N) is 1. The molecule has 2 aromatic carbocycles. The van der Waals surface area contributed by atoms with Crippen molar-refractivity contribution < 1.29 is 13.6 Å². The summed E-state index contributed by atoms with van der Waals surface area (Å²) in [5.74, 6) is 0. The summed E-state index contributed by atoms with van der Waals surface area (Å²) >= 11 is 6.82. The van der Waals surface area contributed by atoms with Crippen LogP contribution in [0.15, 0.2) is 42.5 Å². The van der Waals surface area contributed by atoms with E-state index in [-0.39, 0.29) is 22.7 Å². The Morgan fingerprint density at radius 2 is 1.50 bits per heavy atom. The molecule has 0 bridgehead atoms. The van der Waals surface area contributed by atoms with Crippen LogP contribution < -0.4 is 10.8 Å². The first-order chi connectivity index (χ1) is 14.1. The van der Waals surface area contributed by atoms with Crippen LogP contribution in [0.3, 0.4) is 0 Å². The van der Waals surface area contributed by atoms with E-state index in [9.17, 15) is 4.57 Å².